The molecule has 0 amide bonds. The van der Waals surface area contributed by atoms with Crippen LogP contribution >= 0.6 is 11.6 Å². The zero-order valence-corrected chi connectivity index (χ0v) is 20.8. The van der Waals surface area contributed by atoms with E-state index in [1.807, 2.05) is 36.1 Å². The fraction of sp³-hybridized carbons (Fsp3) is 0.269. The largest absolute Gasteiger partial charge is 0.380 e. The minimum Gasteiger partial charge on any atom is -0.380 e. The Morgan fingerprint density at radius 3 is 2.64 bits per heavy atom. The first-order chi connectivity index (χ1) is 17.3. The topological polar surface area (TPSA) is 123 Å². The van der Waals surface area contributed by atoms with Gasteiger partial charge in [0.15, 0.2) is 5.82 Å². The number of hydrogen-bond acceptors (Lipinski definition) is 8. The molecule has 182 valence electrons. The van der Waals surface area contributed by atoms with E-state index in [1.165, 1.54) is 0 Å². The molecule has 36 heavy (non-hydrogen) atoms. The summed E-state index contributed by atoms with van der Waals surface area (Å²) in [5, 5.41) is 10.6. The molecule has 9 nitrogen and oxygen atoms in total. The molecule has 0 aliphatic carbocycles. The maximum atomic E-state index is 14.0. The maximum Gasteiger partial charge on any atom is 0.267 e. The molecule has 3 heterocycles. The molecular formula is C26H24ClN7O2. The van der Waals surface area contributed by atoms with Crippen molar-refractivity contribution in [2.24, 2.45) is 0 Å². The lowest BCUT2D eigenvalue weighted by Crippen LogP contribution is -2.33. The molecular weight excluding hydrogens is 478 g/mol. The zero-order chi connectivity index (χ0) is 25.6. The number of anilines is 2. The second-order valence-corrected chi connectivity index (χ2v) is 9.18. The first-order valence-corrected chi connectivity index (χ1v) is 11.8. The van der Waals surface area contributed by atoms with Crippen LogP contribution in [0.15, 0.2) is 47.3 Å². The van der Waals surface area contributed by atoms with Gasteiger partial charge in [-0.3, -0.25) is 9.36 Å². The average molecular weight is 502 g/mol. The summed E-state index contributed by atoms with van der Waals surface area (Å²) in [6, 6.07) is 14.6. The Morgan fingerprint density at radius 2 is 1.92 bits per heavy atom. The van der Waals surface area contributed by atoms with E-state index in [0.717, 1.165) is 5.56 Å². The van der Waals surface area contributed by atoms with Gasteiger partial charge in [0, 0.05) is 20.1 Å². The van der Waals surface area contributed by atoms with Crippen LogP contribution < -0.4 is 16.2 Å². The molecule has 2 aromatic carbocycles. The van der Waals surface area contributed by atoms with Gasteiger partial charge < -0.3 is 15.4 Å². The number of nitrogens with zero attached hydrogens (tertiary/aromatic N) is 6. The first-order valence-electron chi connectivity index (χ1n) is 11.4. The number of fused-ring (bicyclic) bond motifs is 1. The maximum absolute atomic E-state index is 14.0. The highest BCUT2D eigenvalue weighted by molar-refractivity contribution is 6.35. The van der Waals surface area contributed by atoms with Crippen LogP contribution in [0.25, 0.3) is 16.6 Å². The minimum atomic E-state index is -0.438. The van der Waals surface area contributed by atoms with Gasteiger partial charge in [-0.05, 0) is 37.6 Å². The number of aryl methyl sites for hydroxylation is 2. The van der Waals surface area contributed by atoms with Crippen molar-refractivity contribution in [3.8, 4) is 11.8 Å². The van der Waals surface area contributed by atoms with Crippen molar-refractivity contribution in [3.05, 3.63) is 80.5 Å². The fourth-order valence-electron chi connectivity index (χ4n) is 4.84. The van der Waals surface area contributed by atoms with Crippen molar-refractivity contribution in [1.29, 1.82) is 5.26 Å². The monoisotopic (exact) mass is 501 g/mol. The van der Waals surface area contributed by atoms with Crippen molar-refractivity contribution in [3.63, 3.8) is 0 Å². The van der Waals surface area contributed by atoms with E-state index < -0.39 is 6.04 Å². The number of hydrogen-bond donors (Lipinski definition) is 1. The van der Waals surface area contributed by atoms with Gasteiger partial charge in [0.2, 0.25) is 5.95 Å². The van der Waals surface area contributed by atoms with Crippen LogP contribution in [-0.4, -0.2) is 39.3 Å². The summed E-state index contributed by atoms with van der Waals surface area (Å²) >= 11 is 6.47. The molecule has 1 saturated heterocycles. The molecule has 1 aliphatic heterocycles. The number of halogens is 1. The van der Waals surface area contributed by atoms with Crippen LogP contribution in [0.3, 0.4) is 0 Å². The number of nitrogens with two attached hydrogens (primary N) is 1. The van der Waals surface area contributed by atoms with Crippen LogP contribution in [0.2, 0.25) is 5.02 Å². The number of ether oxygens (including phenoxy) is 1. The number of para-hydroxylation sites is 1. The summed E-state index contributed by atoms with van der Waals surface area (Å²) < 4.78 is 7.33. The lowest BCUT2D eigenvalue weighted by molar-refractivity contribution is 0.118. The number of nitrogen functional groups attached to an aromatic ring is 1. The van der Waals surface area contributed by atoms with Crippen molar-refractivity contribution < 1.29 is 4.74 Å². The van der Waals surface area contributed by atoms with Gasteiger partial charge in [-0.15, -0.1) is 0 Å². The predicted molar refractivity (Wildman–Crippen MR) is 138 cm³/mol. The van der Waals surface area contributed by atoms with E-state index in [0.29, 0.717) is 57.5 Å². The number of methoxy groups -OCH3 is 1. The predicted octanol–water partition coefficient (Wildman–Crippen LogP) is 3.87. The summed E-state index contributed by atoms with van der Waals surface area (Å²) in [4.78, 5) is 29.5. The second kappa shape index (κ2) is 9.22. The quantitative estimate of drug-likeness (QED) is 0.447. The third-order valence-electron chi connectivity index (χ3n) is 6.60. The minimum absolute atomic E-state index is 0.0654. The van der Waals surface area contributed by atoms with Gasteiger partial charge in [0.25, 0.3) is 5.56 Å². The van der Waals surface area contributed by atoms with Crippen molar-refractivity contribution >= 4 is 34.3 Å². The Bertz CT molecular complexity index is 1590. The smallest absolute Gasteiger partial charge is 0.267 e. The lowest BCUT2D eigenvalue weighted by atomic mass is 10.1. The van der Waals surface area contributed by atoms with Crippen LogP contribution in [0.5, 0.6) is 0 Å². The van der Waals surface area contributed by atoms with Crippen molar-refractivity contribution in [2.45, 2.75) is 32.4 Å². The number of rotatable bonds is 4. The number of aromatic nitrogens is 4. The summed E-state index contributed by atoms with van der Waals surface area (Å²) in [5.74, 6) is 0.960. The molecule has 0 spiro atoms. The number of nitriles is 1. The molecule has 0 saturated carbocycles. The van der Waals surface area contributed by atoms with Gasteiger partial charge in [-0.1, -0.05) is 35.9 Å². The van der Waals surface area contributed by atoms with E-state index >= 15 is 0 Å². The Kier molecular flexibility index (Phi) is 6.08. The Balaban J connectivity index is 1.83. The molecule has 10 heteroatoms. The SMILES string of the molecule is CO[C@H]1C[C@@H](c2nc3cccc(Cl)c3c(=O)n2-c2ccccc2C)N(c2nc(N)nc(C)c2C#N)C1. The Labute approximate surface area is 212 Å². The average Bonchev–Trinajstić information content (AvgIpc) is 3.28. The second-order valence-electron chi connectivity index (χ2n) is 8.77. The fourth-order valence-corrected chi connectivity index (χ4v) is 5.09. The number of benzene rings is 2. The van der Waals surface area contributed by atoms with Crippen LogP contribution in [-0.2, 0) is 4.74 Å². The van der Waals surface area contributed by atoms with Crippen LogP contribution in [0, 0.1) is 25.2 Å². The summed E-state index contributed by atoms with van der Waals surface area (Å²) in [6.07, 6.45) is 0.338. The third kappa shape index (κ3) is 3.85. The third-order valence-corrected chi connectivity index (χ3v) is 6.91. The van der Waals surface area contributed by atoms with Gasteiger partial charge >= 0.3 is 0 Å². The molecule has 1 fully saturated rings. The zero-order valence-electron chi connectivity index (χ0n) is 20.1. The summed E-state index contributed by atoms with van der Waals surface area (Å²) in [7, 11) is 1.64. The lowest BCUT2D eigenvalue weighted by Gasteiger charge is -2.28. The molecule has 2 aromatic heterocycles. The molecule has 2 atom stereocenters. The highest BCUT2D eigenvalue weighted by Gasteiger charge is 2.39. The van der Waals surface area contributed by atoms with Gasteiger partial charge in [-0.2, -0.15) is 10.2 Å². The molecule has 2 N–H and O–H groups in total. The Morgan fingerprint density at radius 1 is 1.14 bits per heavy atom. The van der Waals surface area contributed by atoms with E-state index in [1.54, 1.807) is 36.8 Å². The van der Waals surface area contributed by atoms with Gasteiger partial charge in [0.05, 0.1) is 39.5 Å². The van der Waals surface area contributed by atoms with Crippen LogP contribution in [0.4, 0.5) is 11.8 Å². The Hall–Kier alpha value is -4.00. The van der Waals surface area contributed by atoms with Gasteiger partial charge in [-0.25, -0.2) is 9.97 Å². The van der Waals surface area contributed by atoms with Crippen LogP contribution in [0.1, 0.15) is 35.1 Å². The van der Waals surface area contributed by atoms with E-state index in [9.17, 15) is 10.1 Å². The first kappa shape index (κ1) is 23.7. The summed E-state index contributed by atoms with van der Waals surface area (Å²) in [6.45, 7) is 4.09. The summed E-state index contributed by atoms with van der Waals surface area (Å²) in [5.41, 5.74) is 8.61. The van der Waals surface area contributed by atoms with E-state index in [2.05, 4.69) is 16.0 Å². The standard InChI is InChI=1S/C26H24ClN7O2/c1-14-7-4-5-10-20(14)34-24(31-19-9-6-8-18(27)22(19)25(34)35)21-11-16(36-3)13-33(21)23-17(12-28)15(2)30-26(29)32-23/h4-10,16,21H,11,13H2,1-3H3,(H2,29,30,32)/t16-,21-/m0/s1. The highest BCUT2D eigenvalue weighted by Crippen LogP contribution is 2.39. The van der Waals surface area contributed by atoms with E-state index in [4.69, 9.17) is 27.1 Å². The van der Waals surface area contributed by atoms with E-state index in [-0.39, 0.29) is 17.6 Å². The van der Waals surface area contributed by atoms with Gasteiger partial charge in [0.1, 0.15) is 17.5 Å². The van der Waals surface area contributed by atoms with Crippen molar-refractivity contribution in [2.75, 3.05) is 24.3 Å². The normalized spacial score (nSPS) is 17.5. The molecule has 0 radical (unpaired) electrons. The molecule has 4 aromatic rings. The molecule has 5 rings (SSSR count). The highest BCUT2D eigenvalue weighted by atomic mass is 35.5. The molecule has 0 bridgehead atoms. The molecule has 1 aliphatic rings. The van der Waals surface area contributed by atoms with Crippen molar-refractivity contribution in [1.82, 2.24) is 19.5 Å². The molecule has 0 unspecified atom stereocenters.